The molecule has 1 aromatic heterocycles. The molecule has 0 amide bonds. The highest BCUT2D eigenvalue weighted by atomic mass is 19.1. The Morgan fingerprint density at radius 2 is 2.18 bits per heavy atom. The van der Waals surface area contributed by atoms with Gasteiger partial charge in [-0.1, -0.05) is 0 Å². The van der Waals surface area contributed by atoms with Crippen LogP contribution in [-0.2, 0) is 0 Å². The summed E-state index contributed by atoms with van der Waals surface area (Å²) >= 11 is 0. The number of nitrogen functional groups attached to an aromatic ring is 1. The lowest BCUT2D eigenvalue weighted by Gasteiger charge is -2.06. The van der Waals surface area contributed by atoms with Crippen molar-refractivity contribution in [2.24, 2.45) is 0 Å². The maximum atomic E-state index is 13.6. The molecule has 0 unspecified atom stereocenters. The van der Waals surface area contributed by atoms with Gasteiger partial charge in [-0.3, -0.25) is 0 Å². The van der Waals surface area contributed by atoms with Crippen LogP contribution in [0.4, 0.5) is 10.2 Å². The van der Waals surface area contributed by atoms with E-state index in [4.69, 9.17) is 10.5 Å². The van der Waals surface area contributed by atoms with Crippen LogP contribution in [0.3, 0.4) is 0 Å². The quantitative estimate of drug-likeness (QED) is 0.883. The summed E-state index contributed by atoms with van der Waals surface area (Å²) in [4.78, 5) is 8.05. The zero-order valence-electron chi connectivity index (χ0n) is 9.35. The number of anilines is 1. The Labute approximate surface area is 98.3 Å². The first-order valence-corrected chi connectivity index (χ1v) is 5.22. The van der Waals surface area contributed by atoms with Gasteiger partial charge in [0.05, 0.1) is 6.61 Å². The molecule has 2 N–H and O–H groups in total. The summed E-state index contributed by atoms with van der Waals surface area (Å²) in [6.07, 6.45) is 1.53. The average molecular weight is 233 g/mol. The summed E-state index contributed by atoms with van der Waals surface area (Å²) in [7, 11) is 0. The third kappa shape index (κ3) is 2.50. The normalized spacial score (nSPS) is 10.2. The molecule has 0 fully saturated rings. The summed E-state index contributed by atoms with van der Waals surface area (Å²) in [6, 6.07) is 6.16. The number of aromatic nitrogens is 2. The number of benzene rings is 1. The highest BCUT2D eigenvalue weighted by Gasteiger charge is 2.07. The van der Waals surface area contributed by atoms with E-state index >= 15 is 0 Å². The van der Waals surface area contributed by atoms with Gasteiger partial charge in [-0.25, -0.2) is 14.4 Å². The highest BCUT2D eigenvalue weighted by molar-refractivity contribution is 5.57. The molecule has 0 radical (unpaired) electrons. The van der Waals surface area contributed by atoms with Crippen LogP contribution >= 0.6 is 0 Å². The molecule has 0 aliphatic carbocycles. The average Bonchev–Trinajstić information content (AvgIpc) is 2.32. The molecule has 0 aliphatic heterocycles. The van der Waals surface area contributed by atoms with Gasteiger partial charge in [0.15, 0.2) is 17.4 Å². The third-order valence-electron chi connectivity index (χ3n) is 2.17. The smallest absolute Gasteiger partial charge is 0.165 e. The lowest BCUT2D eigenvalue weighted by atomic mass is 10.2. The molecule has 17 heavy (non-hydrogen) atoms. The fraction of sp³-hybridized carbons (Fsp3) is 0.167. The van der Waals surface area contributed by atoms with Crippen LogP contribution in [0.2, 0.25) is 0 Å². The maximum absolute atomic E-state index is 13.6. The van der Waals surface area contributed by atoms with Crippen molar-refractivity contribution in [1.82, 2.24) is 9.97 Å². The lowest BCUT2D eigenvalue weighted by molar-refractivity contribution is 0.321. The summed E-state index contributed by atoms with van der Waals surface area (Å²) < 4.78 is 18.7. The van der Waals surface area contributed by atoms with Crippen molar-refractivity contribution in [3.63, 3.8) is 0 Å². The van der Waals surface area contributed by atoms with E-state index in [1.165, 1.54) is 12.3 Å². The molecule has 2 aromatic rings. The molecule has 0 saturated carbocycles. The van der Waals surface area contributed by atoms with E-state index in [0.717, 1.165) is 0 Å². The summed E-state index contributed by atoms with van der Waals surface area (Å²) in [5.41, 5.74) is 6.11. The van der Waals surface area contributed by atoms with E-state index in [-0.39, 0.29) is 5.75 Å². The molecule has 4 nitrogen and oxygen atoms in total. The molecule has 88 valence electrons. The fourth-order valence-electron chi connectivity index (χ4n) is 1.42. The van der Waals surface area contributed by atoms with Crippen LogP contribution in [-0.4, -0.2) is 16.6 Å². The fourth-order valence-corrected chi connectivity index (χ4v) is 1.42. The molecule has 0 aliphatic rings. The van der Waals surface area contributed by atoms with Gasteiger partial charge in [0.25, 0.3) is 0 Å². The number of nitrogens with zero attached hydrogens (tertiary/aromatic N) is 2. The van der Waals surface area contributed by atoms with Gasteiger partial charge >= 0.3 is 0 Å². The highest BCUT2D eigenvalue weighted by Crippen LogP contribution is 2.23. The molecular weight excluding hydrogens is 221 g/mol. The van der Waals surface area contributed by atoms with Crippen molar-refractivity contribution in [2.75, 3.05) is 12.3 Å². The van der Waals surface area contributed by atoms with Crippen LogP contribution in [0.1, 0.15) is 6.92 Å². The van der Waals surface area contributed by atoms with Crippen molar-refractivity contribution >= 4 is 5.82 Å². The SMILES string of the molecule is CCOc1ccc(-c2nccc(N)n2)cc1F. The lowest BCUT2D eigenvalue weighted by Crippen LogP contribution is -1.97. The Morgan fingerprint density at radius 1 is 1.35 bits per heavy atom. The summed E-state index contributed by atoms with van der Waals surface area (Å²) in [5, 5.41) is 0. The first kappa shape index (κ1) is 11.3. The number of nitrogens with two attached hydrogens (primary N) is 1. The largest absolute Gasteiger partial charge is 0.491 e. The molecule has 2 rings (SSSR count). The van der Waals surface area contributed by atoms with Gasteiger partial charge in [0.1, 0.15) is 5.82 Å². The van der Waals surface area contributed by atoms with Crippen LogP contribution < -0.4 is 10.5 Å². The molecule has 5 heteroatoms. The Bertz CT molecular complexity index is 531. The second-order valence-corrected chi connectivity index (χ2v) is 3.38. The van der Waals surface area contributed by atoms with Gasteiger partial charge in [-0.15, -0.1) is 0 Å². The number of hydrogen-bond acceptors (Lipinski definition) is 4. The Balaban J connectivity index is 2.37. The molecule has 0 atom stereocenters. The van der Waals surface area contributed by atoms with Gasteiger partial charge in [0.2, 0.25) is 0 Å². The standard InChI is InChI=1S/C12H12FN3O/c1-2-17-10-4-3-8(7-9(10)13)12-15-6-5-11(14)16-12/h3-7H,2H2,1H3,(H2,14,15,16). The molecule has 1 aromatic carbocycles. The van der Waals surface area contributed by atoms with E-state index in [1.807, 2.05) is 0 Å². The number of ether oxygens (including phenoxy) is 1. The van der Waals surface area contributed by atoms with Crippen LogP contribution in [0, 0.1) is 5.82 Å². The van der Waals surface area contributed by atoms with Crippen molar-refractivity contribution < 1.29 is 9.13 Å². The van der Waals surface area contributed by atoms with Gasteiger partial charge in [-0.05, 0) is 31.2 Å². The van der Waals surface area contributed by atoms with E-state index in [9.17, 15) is 4.39 Å². The van der Waals surface area contributed by atoms with E-state index in [0.29, 0.717) is 23.8 Å². The van der Waals surface area contributed by atoms with Crippen molar-refractivity contribution in [3.8, 4) is 17.1 Å². The topological polar surface area (TPSA) is 61.0 Å². The van der Waals surface area contributed by atoms with Crippen molar-refractivity contribution in [3.05, 3.63) is 36.3 Å². The second kappa shape index (κ2) is 4.78. The van der Waals surface area contributed by atoms with Crippen molar-refractivity contribution in [2.45, 2.75) is 6.92 Å². The number of hydrogen-bond donors (Lipinski definition) is 1. The summed E-state index contributed by atoms with van der Waals surface area (Å²) in [6.45, 7) is 2.22. The van der Waals surface area contributed by atoms with Gasteiger partial charge in [0, 0.05) is 11.8 Å². The van der Waals surface area contributed by atoms with E-state index in [1.54, 1.807) is 25.1 Å². The van der Waals surface area contributed by atoms with Crippen LogP contribution in [0.5, 0.6) is 5.75 Å². The third-order valence-corrected chi connectivity index (χ3v) is 2.17. The number of rotatable bonds is 3. The van der Waals surface area contributed by atoms with Gasteiger partial charge < -0.3 is 10.5 Å². The van der Waals surface area contributed by atoms with Crippen molar-refractivity contribution in [1.29, 1.82) is 0 Å². The minimum absolute atomic E-state index is 0.222. The summed E-state index contributed by atoms with van der Waals surface area (Å²) in [5.74, 6) is 0.534. The molecular formula is C12H12FN3O. The Kier molecular flexibility index (Phi) is 3.18. The monoisotopic (exact) mass is 233 g/mol. The first-order valence-electron chi connectivity index (χ1n) is 5.22. The van der Waals surface area contributed by atoms with E-state index < -0.39 is 5.82 Å². The minimum Gasteiger partial charge on any atom is -0.491 e. The minimum atomic E-state index is -0.435. The van der Waals surface area contributed by atoms with Crippen LogP contribution in [0.25, 0.3) is 11.4 Å². The molecule has 1 heterocycles. The first-order chi connectivity index (χ1) is 8.20. The van der Waals surface area contributed by atoms with Gasteiger partial charge in [-0.2, -0.15) is 0 Å². The number of halogens is 1. The Morgan fingerprint density at radius 3 is 2.82 bits per heavy atom. The molecule has 0 spiro atoms. The molecule has 0 saturated heterocycles. The zero-order valence-corrected chi connectivity index (χ0v) is 9.35. The predicted octanol–water partition coefficient (Wildman–Crippen LogP) is 2.26. The Hall–Kier alpha value is -2.17. The van der Waals surface area contributed by atoms with E-state index in [2.05, 4.69) is 9.97 Å². The zero-order chi connectivity index (χ0) is 12.3. The predicted molar refractivity (Wildman–Crippen MR) is 63.0 cm³/mol. The molecule has 0 bridgehead atoms. The van der Waals surface area contributed by atoms with Crippen LogP contribution in [0.15, 0.2) is 30.5 Å². The maximum Gasteiger partial charge on any atom is 0.165 e. The second-order valence-electron chi connectivity index (χ2n) is 3.38.